The summed E-state index contributed by atoms with van der Waals surface area (Å²) in [5.74, 6) is -1.21. The number of rotatable bonds is 4. The lowest BCUT2D eigenvalue weighted by Crippen LogP contribution is -2.53. The number of ether oxygens (including phenoxy) is 1. The molecule has 2 rings (SSSR count). The van der Waals surface area contributed by atoms with Crippen LogP contribution in [-0.4, -0.2) is 40.7 Å². The highest BCUT2D eigenvalue weighted by atomic mass is 16.5. The van der Waals surface area contributed by atoms with Gasteiger partial charge >= 0.3 is 5.97 Å². The fourth-order valence-electron chi connectivity index (χ4n) is 2.31. The molecule has 1 saturated heterocycles. The predicted molar refractivity (Wildman–Crippen MR) is 71.5 cm³/mol. The average molecular weight is 278 g/mol. The zero-order valence-corrected chi connectivity index (χ0v) is 11.4. The van der Waals surface area contributed by atoms with Crippen molar-refractivity contribution < 1.29 is 19.4 Å². The molecular weight excluding hydrogens is 260 g/mol. The number of hydrogen-bond acceptors (Lipinski definition) is 4. The molecule has 1 aliphatic heterocycles. The van der Waals surface area contributed by atoms with Crippen LogP contribution in [0.4, 0.5) is 0 Å². The number of amides is 1. The Labute approximate surface area is 117 Å². The largest absolute Gasteiger partial charge is 0.481 e. The van der Waals surface area contributed by atoms with Crippen LogP contribution < -0.4 is 5.32 Å². The lowest BCUT2D eigenvalue weighted by Gasteiger charge is -2.36. The Morgan fingerprint density at radius 1 is 1.40 bits per heavy atom. The number of aliphatic carboxylic acids is 1. The van der Waals surface area contributed by atoms with Gasteiger partial charge in [-0.2, -0.15) is 0 Å². The molecule has 1 aromatic rings. The highest BCUT2D eigenvalue weighted by Crippen LogP contribution is 2.25. The lowest BCUT2D eigenvalue weighted by atomic mass is 9.86. The first kappa shape index (κ1) is 14.5. The maximum absolute atomic E-state index is 12.2. The second kappa shape index (κ2) is 6.00. The maximum Gasteiger partial charge on any atom is 0.305 e. The number of carboxylic acid groups (broad SMARTS) is 1. The van der Waals surface area contributed by atoms with Crippen molar-refractivity contribution in [3.05, 3.63) is 29.6 Å². The van der Waals surface area contributed by atoms with Gasteiger partial charge in [-0.3, -0.25) is 14.6 Å². The molecular formula is C14H18N2O4. The van der Waals surface area contributed by atoms with Crippen LogP contribution in [0.5, 0.6) is 0 Å². The summed E-state index contributed by atoms with van der Waals surface area (Å²) in [6.07, 6.45) is 2.41. The number of aryl methyl sites for hydroxylation is 1. The minimum atomic E-state index is -0.922. The topological polar surface area (TPSA) is 88.5 Å². The Balaban J connectivity index is 2.12. The molecule has 0 atom stereocenters. The van der Waals surface area contributed by atoms with E-state index in [1.807, 2.05) is 6.92 Å². The summed E-state index contributed by atoms with van der Waals surface area (Å²) < 4.78 is 5.25. The number of nitrogens with one attached hydrogen (secondary N) is 1. The van der Waals surface area contributed by atoms with Gasteiger partial charge in [-0.1, -0.05) is 0 Å². The monoisotopic (exact) mass is 278 g/mol. The summed E-state index contributed by atoms with van der Waals surface area (Å²) in [5, 5.41) is 11.9. The molecule has 0 radical (unpaired) electrons. The molecule has 0 bridgehead atoms. The molecule has 2 heterocycles. The van der Waals surface area contributed by atoms with Gasteiger partial charge in [0, 0.05) is 25.1 Å². The molecule has 2 N–H and O–H groups in total. The van der Waals surface area contributed by atoms with E-state index in [0.717, 1.165) is 5.69 Å². The van der Waals surface area contributed by atoms with Gasteiger partial charge in [0.15, 0.2) is 0 Å². The van der Waals surface area contributed by atoms with E-state index in [1.165, 1.54) is 6.20 Å². The highest BCUT2D eigenvalue weighted by Gasteiger charge is 2.36. The fourth-order valence-corrected chi connectivity index (χ4v) is 2.31. The van der Waals surface area contributed by atoms with E-state index in [1.54, 1.807) is 12.1 Å². The third kappa shape index (κ3) is 3.54. The zero-order valence-electron chi connectivity index (χ0n) is 11.4. The highest BCUT2D eigenvalue weighted by molar-refractivity contribution is 5.94. The summed E-state index contributed by atoms with van der Waals surface area (Å²) in [5.41, 5.74) is 0.534. The molecule has 0 saturated carbocycles. The van der Waals surface area contributed by atoms with Crippen molar-refractivity contribution in [2.24, 2.45) is 0 Å². The van der Waals surface area contributed by atoms with E-state index in [9.17, 15) is 9.59 Å². The molecule has 1 fully saturated rings. The minimum absolute atomic E-state index is 0.0958. The van der Waals surface area contributed by atoms with Gasteiger partial charge < -0.3 is 15.2 Å². The molecule has 0 unspecified atom stereocenters. The fraction of sp³-hybridized carbons (Fsp3) is 0.500. The minimum Gasteiger partial charge on any atom is -0.481 e. The summed E-state index contributed by atoms with van der Waals surface area (Å²) in [6, 6.07) is 3.44. The Kier molecular flexibility index (Phi) is 4.34. The van der Waals surface area contributed by atoms with Crippen LogP contribution in [0, 0.1) is 6.92 Å². The number of carbonyl (C=O) groups is 2. The quantitative estimate of drug-likeness (QED) is 0.862. The molecule has 6 heteroatoms. The Bertz CT molecular complexity index is 492. The van der Waals surface area contributed by atoms with E-state index in [-0.39, 0.29) is 12.3 Å². The second-order valence-electron chi connectivity index (χ2n) is 5.11. The van der Waals surface area contributed by atoms with Crippen LogP contribution in [0.2, 0.25) is 0 Å². The van der Waals surface area contributed by atoms with Gasteiger partial charge in [0.25, 0.3) is 5.91 Å². The van der Waals surface area contributed by atoms with Crippen molar-refractivity contribution in [1.82, 2.24) is 10.3 Å². The molecule has 0 aromatic carbocycles. The number of aromatic nitrogens is 1. The van der Waals surface area contributed by atoms with Crippen molar-refractivity contribution in [3.8, 4) is 0 Å². The van der Waals surface area contributed by atoms with Gasteiger partial charge in [0.05, 0.1) is 17.5 Å². The molecule has 108 valence electrons. The summed E-state index contributed by atoms with van der Waals surface area (Å²) in [4.78, 5) is 27.3. The van der Waals surface area contributed by atoms with Crippen molar-refractivity contribution in [1.29, 1.82) is 0 Å². The number of nitrogens with zero attached hydrogens (tertiary/aromatic N) is 1. The smallest absolute Gasteiger partial charge is 0.305 e. The van der Waals surface area contributed by atoms with E-state index < -0.39 is 11.5 Å². The van der Waals surface area contributed by atoms with Crippen LogP contribution in [0.15, 0.2) is 18.3 Å². The van der Waals surface area contributed by atoms with E-state index in [2.05, 4.69) is 10.3 Å². The normalized spacial score (nSPS) is 17.4. The van der Waals surface area contributed by atoms with Crippen molar-refractivity contribution in [2.75, 3.05) is 13.2 Å². The second-order valence-corrected chi connectivity index (χ2v) is 5.11. The standard InChI is InChI=1S/C14H18N2O4/c1-10-2-3-11(9-15-10)13(19)16-14(8-12(17)18)4-6-20-7-5-14/h2-3,9H,4-8H2,1H3,(H,16,19)(H,17,18). The summed E-state index contributed by atoms with van der Waals surface area (Å²) >= 11 is 0. The Morgan fingerprint density at radius 3 is 2.65 bits per heavy atom. The molecule has 1 aliphatic rings. The molecule has 6 nitrogen and oxygen atoms in total. The van der Waals surface area contributed by atoms with E-state index in [0.29, 0.717) is 31.6 Å². The van der Waals surface area contributed by atoms with Gasteiger partial charge in [0.1, 0.15) is 0 Å². The van der Waals surface area contributed by atoms with Gasteiger partial charge in [0.2, 0.25) is 0 Å². The van der Waals surface area contributed by atoms with Crippen molar-refractivity contribution >= 4 is 11.9 Å². The van der Waals surface area contributed by atoms with Crippen LogP contribution in [0.3, 0.4) is 0 Å². The van der Waals surface area contributed by atoms with E-state index >= 15 is 0 Å². The molecule has 20 heavy (non-hydrogen) atoms. The third-order valence-corrected chi connectivity index (χ3v) is 3.49. The zero-order chi connectivity index (χ0) is 14.6. The Morgan fingerprint density at radius 2 is 2.10 bits per heavy atom. The van der Waals surface area contributed by atoms with Crippen LogP contribution in [-0.2, 0) is 9.53 Å². The number of hydrogen-bond donors (Lipinski definition) is 2. The van der Waals surface area contributed by atoms with Crippen LogP contribution >= 0.6 is 0 Å². The first-order valence-corrected chi connectivity index (χ1v) is 6.55. The number of pyridine rings is 1. The molecule has 1 amide bonds. The first-order chi connectivity index (χ1) is 9.51. The summed E-state index contributed by atoms with van der Waals surface area (Å²) in [7, 11) is 0. The average Bonchev–Trinajstić information content (AvgIpc) is 2.39. The van der Waals surface area contributed by atoms with Gasteiger partial charge in [-0.15, -0.1) is 0 Å². The van der Waals surface area contributed by atoms with E-state index in [4.69, 9.17) is 9.84 Å². The molecule has 0 aliphatic carbocycles. The first-order valence-electron chi connectivity index (χ1n) is 6.55. The summed E-state index contributed by atoms with van der Waals surface area (Å²) in [6.45, 7) is 2.76. The van der Waals surface area contributed by atoms with Crippen molar-refractivity contribution in [2.45, 2.75) is 31.7 Å². The Hall–Kier alpha value is -1.95. The molecule has 0 spiro atoms. The molecule has 1 aromatic heterocycles. The third-order valence-electron chi connectivity index (χ3n) is 3.49. The van der Waals surface area contributed by atoms with Crippen LogP contribution in [0.1, 0.15) is 35.3 Å². The lowest BCUT2D eigenvalue weighted by molar-refractivity contribution is -0.139. The van der Waals surface area contributed by atoms with Gasteiger partial charge in [-0.05, 0) is 31.9 Å². The predicted octanol–water partition coefficient (Wildman–Crippen LogP) is 1.14. The SMILES string of the molecule is Cc1ccc(C(=O)NC2(CC(=O)O)CCOCC2)cn1. The van der Waals surface area contributed by atoms with Crippen molar-refractivity contribution in [3.63, 3.8) is 0 Å². The van der Waals surface area contributed by atoms with Crippen LogP contribution in [0.25, 0.3) is 0 Å². The number of carbonyl (C=O) groups excluding carboxylic acids is 1. The van der Waals surface area contributed by atoms with Gasteiger partial charge in [-0.25, -0.2) is 0 Å². The maximum atomic E-state index is 12.2. The number of carboxylic acids is 1.